The minimum absolute atomic E-state index is 0.0382. The summed E-state index contributed by atoms with van der Waals surface area (Å²) in [6.45, 7) is -0.224. The van der Waals surface area contributed by atoms with Crippen LogP contribution in [0.5, 0.6) is 0 Å². The number of aliphatic hydroxyl groups is 1. The standard InChI is InChI=1S/C15H11F3N2O/c16-10-4-5-13(9(6-10)7-19)20-8-14(21)15-11(17)2-1-3-12(15)18/h1-6,14,20-21H,8H2. The van der Waals surface area contributed by atoms with Crippen molar-refractivity contribution in [1.29, 1.82) is 5.26 Å². The molecule has 21 heavy (non-hydrogen) atoms. The van der Waals surface area contributed by atoms with Crippen LogP contribution in [0.1, 0.15) is 17.2 Å². The van der Waals surface area contributed by atoms with Gasteiger partial charge in [-0.05, 0) is 30.3 Å². The number of aliphatic hydroxyl groups excluding tert-OH is 1. The molecule has 0 radical (unpaired) electrons. The normalized spacial score (nSPS) is 11.8. The zero-order valence-corrected chi connectivity index (χ0v) is 10.8. The van der Waals surface area contributed by atoms with Gasteiger partial charge in [-0.15, -0.1) is 0 Å². The Balaban J connectivity index is 2.15. The summed E-state index contributed by atoms with van der Waals surface area (Å²) in [5.74, 6) is -2.29. The zero-order chi connectivity index (χ0) is 15.4. The average molecular weight is 292 g/mol. The number of anilines is 1. The molecule has 0 amide bonds. The summed E-state index contributed by atoms with van der Waals surface area (Å²) >= 11 is 0. The lowest BCUT2D eigenvalue weighted by Gasteiger charge is -2.15. The van der Waals surface area contributed by atoms with Crippen LogP contribution in [0, 0.1) is 28.8 Å². The molecule has 0 aromatic heterocycles. The summed E-state index contributed by atoms with van der Waals surface area (Å²) in [5.41, 5.74) is -0.142. The minimum atomic E-state index is -1.44. The lowest BCUT2D eigenvalue weighted by Crippen LogP contribution is -2.15. The number of nitrogens with one attached hydrogen (secondary N) is 1. The van der Waals surface area contributed by atoms with Crippen molar-refractivity contribution in [2.24, 2.45) is 0 Å². The van der Waals surface area contributed by atoms with E-state index in [-0.39, 0.29) is 17.8 Å². The Hall–Kier alpha value is -2.52. The van der Waals surface area contributed by atoms with E-state index in [2.05, 4.69) is 5.32 Å². The SMILES string of the molecule is N#Cc1cc(F)ccc1NCC(O)c1c(F)cccc1F. The summed E-state index contributed by atoms with van der Waals surface area (Å²) in [5, 5.41) is 21.4. The molecular formula is C15H11F3N2O. The smallest absolute Gasteiger partial charge is 0.132 e. The van der Waals surface area contributed by atoms with Gasteiger partial charge in [0.25, 0.3) is 0 Å². The van der Waals surface area contributed by atoms with E-state index in [0.29, 0.717) is 0 Å². The predicted octanol–water partition coefficient (Wildman–Crippen LogP) is 3.12. The molecule has 0 heterocycles. The van der Waals surface area contributed by atoms with Gasteiger partial charge in [0, 0.05) is 6.54 Å². The summed E-state index contributed by atoms with van der Waals surface area (Å²) in [4.78, 5) is 0. The maximum Gasteiger partial charge on any atom is 0.132 e. The van der Waals surface area contributed by atoms with E-state index < -0.39 is 29.1 Å². The van der Waals surface area contributed by atoms with Crippen molar-refractivity contribution in [2.75, 3.05) is 11.9 Å². The second-order valence-electron chi connectivity index (χ2n) is 4.33. The highest BCUT2D eigenvalue weighted by Crippen LogP contribution is 2.22. The minimum Gasteiger partial charge on any atom is -0.386 e. The van der Waals surface area contributed by atoms with Crippen LogP contribution in [0.2, 0.25) is 0 Å². The van der Waals surface area contributed by atoms with Crippen molar-refractivity contribution < 1.29 is 18.3 Å². The van der Waals surface area contributed by atoms with E-state index >= 15 is 0 Å². The second-order valence-corrected chi connectivity index (χ2v) is 4.33. The van der Waals surface area contributed by atoms with E-state index in [9.17, 15) is 18.3 Å². The van der Waals surface area contributed by atoms with Gasteiger partial charge in [0.1, 0.15) is 29.6 Å². The molecular weight excluding hydrogens is 281 g/mol. The number of halogens is 3. The molecule has 108 valence electrons. The van der Waals surface area contributed by atoms with Gasteiger partial charge in [-0.2, -0.15) is 5.26 Å². The van der Waals surface area contributed by atoms with Crippen LogP contribution in [0.15, 0.2) is 36.4 Å². The maximum absolute atomic E-state index is 13.5. The van der Waals surface area contributed by atoms with E-state index in [1.807, 2.05) is 0 Å². The Morgan fingerprint density at radius 1 is 1.14 bits per heavy atom. The highest BCUT2D eigenvalue weighted by atomic mass is 19.1. The van der Waals surface area contributed by atoms with Gasteiger partial charge in [-0.25, -0.2) is 13.2 Å². The molecule has 1 unspecified atom stereocenters. The fraction of sp³-hybridized carbons (Fsp3) is 0.133. The van der Waals surface area contributed by atoms with Gasteiger partial charge in [-0.1, -0.05) is 6.07 Å². The van der Waals surface area contributed by atoms with Gasteiger partial charge in [0.2, 0.25) is 0 Å². The molecule has 2 aromatic carbocycles. The molecule has 0 aliphatic carbocycles. The zero-order valence-electron chi connectivity index (χ0n) is 10.8. The number of hydrogen-bond acceptors (Lipinski definition) is 3. The summed E-state index contributed by atoms with van der Waals surface area (Å²) in [6, 6.07) is 8.55. The first-order valence-electron chi connectivity index (χ1n) is 6.08. The molecule has 0 saturated carbocycles. The van der Waals surface area contributed by atoms with Crippen LogP contribution in [0.3, 0.4) is 0 Å². The first kappa shape index (κ1) is 14.9. The highest BCUT2D eigenvalue weighted by molar-refractivity contribution is 5.57. The number of benzene rings is 2. The van der Waals surface area contributed by atoms with Crippen LogP contribution < -0.4 is 5.32 Å². The topological polar surface area (TPSA) is 56.0 Å². The van der Waals surface area contributed by atoms with Crippen molar-refractivity contribution in [2.45, 2.75) is 6.10 Å². The van der Waals surface area contributed by atoms with Crippen molar-refractivity contribution >= 4 is 5.69 Å². The monoisotopic (exact) mass is 292 g/mol. The Morgan fingerprint density at radius 2 is 1.81 bits per heavy atom. The van der Waals surface area contributed by atoms with E-state index in [0.717, 1.165) is 24.3 Å². The quantitative estimate of drug-likeness (QED) is 0.910. The number of rotatable bonds is 4. The molecule has 0 fully saturated rings. The van der Waals surface area contributed by atoms with Crippen LogP contribution >= 0.6 is 0 Å². The lowest BCUT2D eigenvalue weighted by atomic mass is 10.1. The largest absolute Gasteiger partial charge is 0.386 e. The van der Waals surface area contributed by atoms with E-state index in [1.54, 1.807) is 6.07 Å². The van der Waals surface area contributed by atoms with Gasteiger partial charge >= 0.3 is 0 Å². The fourth-order valence-corrected chi connectivity index (χ4v) is 1.90. The van der Waals surface area contributed by atoms with Crippen molar-refractivity contribution in [3.8, 4) is 6.07 Å². The Labute approximate surface area is 119 Å². The van der Waals surface area contributed by atoms with E-state index in [1.165, 1.54) is 12.1 Å². The van der Waals surface area contributed by atoms with Crippen molar-refractivity contribution in [3.05, 3.63) is 65.0 Å². The van der Waals surface area contributed by atoms with Gasteiger partial charge in [0.15, 0.2) is 0 Å². The molecule has 0 aliphatic rings. The third-order valence-electron chi connectivity index (χ3n) is 2.92. The van der Waals surface area contributed by atoms with E-state index in [4.69, 9.17) is 5.26 Å². The molecule has 0 saturated heterocycles. The summed E-state index contributed by atoms with van der Waals surface area (Å²) in [7, 11) is 0. The Morgan fingerprint density at radius 3 is 2.43 bits per heavy atom. The number of nitrogens with zero attached hydrogens (tertiary/aromatic N) is 1. The molecule has 2 N–H and O–H groups in total. The molecule has 2 rings (SSSR count). The second kappa shape index (κ2) is 6.29. The first-order chi connectivity index (χ1) is 10.0. The van der Waals surface area contributed by atoms with Crippen LogP contribution in [-0.2, 0) is 0 Å². The van der Waals surface area contributed by atoms with Crippen LogP contribution in [0.4, 0.5) is 18.9 Å². The predicted molar refractivity (Wildman–Crippen MR) is 70.9 cm³/mol. The summed E-state index contributed by atoms with van der Waals surface area (Å²) < 4.78 is 40.0. The molecule has 3 nitrogen and oxygen atoms in total. The highest BCUT2D eigenvalue weighted by Gasteiger charge is 2.17. The van der Waals surface area contributed by atoms with Crippen LogP contribution in [-0.4, -0.2) is 11.7 Å². The molecule has 0 spiro atoms. The van der Waals surface area contributed by atoms with Gasteiger partial charge in [-0.3, -0.25) is 0 Å². The van der Waals surface area contributed by atoms with Gasteiger partial charge in [0.05, 0.1) is 16.8 Å². The number of nitriles is 1. The molecule has 2 aromatic rings. The maximum atomic E-state index is 13.5. The molecule has 6 heteroatoms. The molecule has 1 atom stereocenters. The van der Waals surface area contributed by atoms with Gasteiger partial charge < -0.3 is 10.4 Å². The number of hydrogen-bond donors (Lipinski definition) is 2. The Kier molecular flexibility index (Phi) is 4.45. The third-order valence-corrected chi connectivity index (χ3v) is 2.92. The lowest BCUT2D eigenvalue weighted by molar-refractivity contribution is 0.181. The molecule has 0 bridgehead atoms. The summed E-state index contributed by atoms with van der Waals surface area (Å²) in [6.07, 6.45) is -1.44. The fourth-order valence-electron chi connectivity index (χ4n) is 1.90. The van der Waals surface area contributed by atoms with Crippen molar-refractivity contribution in [3.63, 3.8) is 0 Å². The third kappa shape index (κ3) is 3.33. The van der Waals surface area contributed by atoms with Crippen LogP contribution in [0.25, 0.3) is 0 Å². The first-order valence-corrected chi connectivity index (χ1v) is 6.08. The van der Waals surface area contributed by atoms with Crippen molar-refractivity contribution in [1.82, 2.24) is 0 Å². The average Bonchev–Trinajstić information content (AvgIpc) is 2.45. The Bertz CT molecular complexity index is 678. The molecule has 0 aliphatic heterocycles.